The Bertz CT molecular complexity index is 856. The summed E-state index contributed by atoms with van der Waals surface area (Å²) in [6, 6.07) is 0.204. The average Bonchev–Trinajstić information content (AvgIpc) is 2.71. The Labute approximate surface area is 175 Å². The summed E-state index contributed by atoms with van der Waals surface area (Å²) in [5.74, 6) is -0.0573. The Balaban J connectivity index is 1.67. The van der Waals surface area contributed by atoms with Gasteiger partial charge in [0.1, 0.15) is 5.60 Å². The van der Waals surface area contributed by atoms with Crippen LogP contribution >= 0.6 is 0 Å². The number of nitrogens with one attached hydrogen (secondary N) is 1. The number of amides is 1. The molecule has 0 bridgehead atoms. The maximum atomic E-state index is 12.6. The minimum absolute atomic E-state index is 0.0573. The molecule has 3 atom stereocenters. The van der Waals surface area contributed by atoms with Crippen LogP contribution in [0.2, 0.25) is 0 Å². The number of ether oxygens (including phenoxy) is 1. The topological polar surface area (TPSA) is 157 Å². The van der Waals surface area contributed by atoms with Crippen LogP contribution in [-0.2, 0) is 9.53 Å². The van der Waals surface area contributed by atoms with E-state index in [2.05, 4.69) is 4.98 Å². The predicted octanol–water partition coefficient (Wildman–Crippen LogP) is -0.933. The van der Waals surface area contributed by atoms with Crippen LogP contribution in [0.3, 0.4) is 0 Å². The molecule has 2 aliphatic rings. The fourth-order valence-corrected chi connectivity index (χ4v) is 4.45. The highest BCUT2D eigenvalue weighted by Gasteiger charge is 2.49. The Morgan fingerprint density at radius 2 is 2.07 bits per heavy atom. The standard InChI is InChI=1S/C20H33N5O5/c1-19(29)13-30-20(12-15(19)25-9-5-16(26)23-18(25)28)6-10-24(11-7-20)17(27)14(22)4-2-3-8-21/h5,9,14-15,29H,2-4,6-8,10-13,21-22H2,1H3,(H,23,26,28)/t14-,15+,19+/m1/s1. The fourth-order valence-electron chi connectivity index (χ4n) is 4.45. The number of carbonyl (C=O) groups excluding carboxylic acids is 1. The van der Waals surface area contributed by atoms with Gasteiger partial charge in [-0.25, -0.2) is 4.79 Å². The van der Waals surface area contributed by atoms with E-state index in [0.29, 0.717) is 45.3 Å². The molecule has 2 saturated heterocycles. The lowest BCUT2D eigenvalue weighted by atomic mass is 9.77. The number of nitrogens with zero attached hydrogens (tertiary/aromatic N) is 2. The number of carbonyl (C=O) groups is 1. The van der Waals surface area contributed by atoms with Gasteiger partial charge in [0, 0.05) is 31.8 Å². The molecule has 168 valence electrons. The lowest BCUT2D eigenvalue weighted by molar-refractivity contribution is -0.202. The van der Waals surface area contributed by atoms with E-state index in [9.17, 15) is 19.5 Å². The molecule has 0 saturated carbocycles. The molecule has 30 heavy (non-hydrogen) atoms. The first-order chi connectivity index (χ1) is 14.2. The number of rotatable bonds is 6. The highest BCUT2D eigenvalue weighted by atomic mass is 16.5. The smallest absolute Gasteiger partial charge is 0.328 e. The Morgan fingerprint density at radius 3 is 2.70 bits per heavy atom. The van der Waals surface area contributed by atoms with Crippen molar-refractivity contribution in [1.82, 2.24) is 14.5 Å². The number of piperidine rings is 1. The minimum atomic E-state index is -1.26. The molecule has 2 aliphatic heterocycles. The number of likely N-dealkylation sites (tertiary alicyclic amines) is 1. The molecule has 0 unspecified atom stereocenters. The molecule has 0 aromatic carbocycles. The van der Waals surface area contributed by atoms with E-state index in [1.807, 2.05) is 0 Å². The number of hydrogen-bond acceptors (Lipinski definition) is 7. The zero-order valence-corrected chi connectivity index (χ0v) is 17.5. The van der Waals surface area contributed by atoms with E-state index in [0.717, 1.165) is 12.8 Å². The van der Waals surface area contributed by atoms with Crippen LogP contribution in [0.5, 0.6) is 0 Å². The van der Waals surface area contributed by atoms with E-state index in [-0.39, 0.29) is 12.5 Å². The third-order valence-corrected chi connectivity index (χ3v) is 6.41. The first-order valence-electron chi connectivity index (χ1n) is 10.6. The third-order valence-electron chi connectivity index (χ3n) is 6.41. The maximum Gasteiger partial charge on any atom is 0.328 e. The largest absolute Gasteiger partial charge is 0.386 e. The number of H-pyrrole nitrogens is 1. The molecule has 1 aromatic rings. The molecule has 1 amide bonds. The van der Waals surface area contributed by atoms with E-state index in [1.165, 1.54) is 16.8 Å². The molecular weight excluding hydrogens is 390 g/mol. The molecule has 2 fully saturated rings. The molecule has 0 radical (unpaired) electrons. The Morgan fingerprint density at radius 1 is 1.37 bits per heavy atom. The van der Waals surface area contributed by atoms with E-state index < -0.39 is 34.5 Å². The number of hydrogen-bond donors (Lipinski definition) is 4. The normalized spacial score (nSPS) is 27.2. The summed E-state index contributed by atoms with van der Waals surface area (Å²) in [7, 11) is 0. The second-order valence-corrected chi connectivity index (χ2v) is 8.78. The number of unbranched alkanes of at least 4 members (excludes halogenated alkanes) is 1. The molecule has 0 aliphatic carbocycles. The van der Waals surface area contributed by atoms with E-state index in [1.54, 1.807) is 11.8 Å². The highest BCUT2D eigenvalue weighted by Crippen LogP contribution is 2.43. The molecule has 10 nitrogen and oxygen atoms in total. The van der Waals surface area contributed by atoms with Crippen LogP contribution in [0, 0.1) is 0 Å². The van der Waals surface area contributed by atoms with Crippen LogP contribution in [-0.4, -0.2) is 68.9 Å². The first kappa shape index (κ1) is 22.7. The van der Waals surface area contributed by atoms with Gasteiger partial charge in [0.2, 0.25) is 5.91 Å². The molecule has 1 spiro atoms. The van der Waals surface area contributed by atoms with Gasteiger partial charge in [0.15, 0.2) is 0 Å². The van der Waals surface area contributed by atoms with Gasteiger partial charge in [-0.1, -0.05) is 6.42 Å². The summed E-state index contributed by atoms with van der Waals surface area (Å²) in [5, 5.41) is 10.8. The quantitative estimate of drug-likeness (QED) is 0.430. The zero-order chi connectivity index (χ0) is 21.9. The monoisotopic (exact) mass is 423 g/mol. The highest BCUT2D eigenvalue weighted by molar-refractivity contribution is 5.81. The van der Waals surface area contributed by atoms with Gasteiger partial charge in [0.05, 0.1) is 24.3 Å². The lowest BCUT2D eigenvalue weighted by Crippen LogP contribution is -2.59. The number of nitrogens with two attached hydrogens (primary N) is 2. The minimum Gasteiger partial charge on any atom is -0.386 e. The number of aliphatic hydroxyl groups is 1. The van der Waals surface area contributed by atoms with Crippen molar-refractivity contribution in [1.29, 1.82) is 0 Å². The van der Waals surface area contributed by atoms with Crippen LogP contribution in [0.1, 0.15) is 51.5 Å². The van der Waals surface area contributed by atoms with Crippen molar-refractivity contribution in [3.05, 3.63) is 33.1 Å². The van der Waals surface area contributed by atoms with Crippen LogP contribution in [0.4, 0.5) is 0 Å². The van der Waals surface area contributed by atoms with Crippen molar-refractivity contribution < 1.29 is 14.6 Å². The maximum absolute atomic E-state index is 12.6. The molecule has 3 rings (SSSR count). The van der Waals surface area contributed by atoms with Crippen molar-refractivity contribution in [2.45, 2.75) is 68.7 Å². The lowest BCUT2D eigenvalue weighted by Gasteiger charge is -2.51. The van der Waals surface area contributed by atoms with E-state index >= 15 is 0 Å². The molecule has 1 aromatic heterocycles. The van der Waals surface area contributed by atoms with Gasteiger partial charge in [0.25, 0.3) is 5.56 Å². The third kappa shape index (κ3) is 4.83. The summed E-state index contributed by atoms with van der Waals surface area (Å²) in [6.07, 6.45) is 5.32. The van der Waals surface area contributed by atoms with Gasteiger partial charge in [-0.3, -0.25) is 19.1 Å². The zero-order valence-electron chi connectivity index (χ0n) is 17.5. The van der Waals surface area contributed by atoms with Crippen molar-refractivity contribution in [2.75, 3.05) is 26.2 Å². The molecule has 10 heteroatoms. The van der Waals surface area contributed by atoms with Crippen LogP contribution < -0.4 is 22.7 Å². The Hall–Kier alpha value is -2.01. The number of aromatic nitrogens is 2. The SMILES string of the molecule is C[C@]1(O)COC2(CCN(C(=O)[C@H](N)CCCCN)CC2)C[C@@H]1n1ccc(=O)[nH]c1=O. The molecule has 3 heterocycles. The summed E-state index contributed by atoms with van der Waals surface area (Å²) in [6.45, 7) is 3.31. The summed E-state index contributed by atoms with van der Waals surface area (Å²) < 4.78 is 7.46. The molecule has 6 N–H and O–H groups in total. The van der Waals surface area contributed by atoms with E-state index in [4.69, 9.17) is 16.2 Å². The summed E-state index contributed by atoms with van der Waals surface area (Å²) in [5.41, 5.74) is 8.72. The predicted molar refractivity (Wildman–Crippen MR) is 111 cm³/mol. The fraction of sp³-hybridized carbons (Fsp3) is 0.750. The van der Waals surface area contributed by atoms with Crippen molar-refractivity contribution in [2.24, 2.45) is 11.5 Å². The van der Waals surface area contributed by atoms with Crippen molar-refractivity contribution in [3.8, 4) is 0 Å². The van der Waals surface area contributed by atoms with Gasteiger partial charge in [-0.05, 0) is 39.2 Å². The Kier molecular flexibility index (Phi) is 6.81. The van der Waals surface area contributed by atoms with Crippen LogP contribution in [0.15, 0.2) is 21.9 Å². The van der Waals surface area contributed by atoms with Gasteiger partial charge in [-0.2, -0.15) is 0 Å². The summed E-state index contributed by atoms with van der Waals surface area (Å²) >= 11 is 0. The van der Waals surface area contributed by atoms with Gasteiger partial charge >= 0.3 is 5.69 Å². The van der Waals surface area contributed by atoms with Crippen LogP contribution in [0.25, 0.3) is 0 Å². The van der Waals surface area contributed by atoms with Crippen molar-refractivity contribution >= 4 is 5.91 Å². The second kappa shape index (κ2) is 9.01. The number of aromatic amines is 1. The second-order valence-electron chi connectivity index (χ2n) is 8.78. The average molecular weight is 424 g/mol. The van der Waals surface area contributed by atoms with Gasteiger partial charge in [-0.15, -0.1) is 0 Å². The summed E-state index contributed by atoms with van der Waals surface area (Å²) in [4.78, 5) is 40.4. The molecular formula is C20H33N5O5. The van der Waals surface area contributed by atoms with Gasteiger partial charge < -0.3 is 26.2 Å². The first-order valence-corrected chi connectivity index (χ1v) is 10.6. The van der Waals surface area contributed by atoms with Crippen molar-refractivity contribution in [3.63, 3.8) is 0 Å².